The molecule has 0 radical (unpaired) electrons. The van der Waals surface area contributed by atoms with E-state index in [9.17, 15) is 5.11 Å². The van der Waals surface area contributed by atoms with E-state index in [0.717, 1.165) is 27.0 Å². The normalized spacial score (nSPS) is 14.2. The second-order valence-electron chi connectivity index (χ2n) is 5.76. The summed E-state index contributed by atoms with van der Waals surface area (Å²) in [6, 6.07) is 5.88. The lowest BCUT2D eigenvalue weighted by Crippen LogP contribution is -1.99. The average molecular weight is 331 g/mol. The molecule has 0 amide bonds. The van der Waals surface area contributed by atoms with Crippen LogP contribution < -0.4 is 5.32 Å². The number of nitrogens with one attached hydrogen (secondary N) is 2. The molecule has 1 aliphatic rings. The van der Waals surface area contributed by atoms with Crippen molar-refractivity contribution < 1.29 is 7.96 Å². The van der Waals surface area contributed by atoms with Crippen molar-refractivity contribution in [3.05, 3.63) is 40.5 Å². The van der Waals surface area contributed by atoms with Gasteiger partial charge < -0.3 is 10.4 Å². The lowest BCUT2D eigenvalue weighted by Gasteiger charge is -2.06. The number of H-pyrrole nitrogens is 1. The fourth-order valence-electron chi connectivity index (χ4n) is 2.40. The third-order valence-electron chi connectivity index (χ3n) is 3.87. The molecule has 3 heterocycles. The van der Waals surface area contributed by atoms with Crippen molar-refractivity contribution in [3.8, 4) is 10.7 Å². The number of aryl methyl sites for hydroxylation is 1. The van der Waals surface area contributed by atoms with E-state index >= 15 is 0 Å². The number of hydrogen-bond donors (Lipinski definition) is 3. The highest BCUT2D eigenvalue weighted by Crippen LogP contribution is 2.39. The van der Waals surface area contributed by atoms with E-state index in [0.29, 0.717) is 11.7 Å². The van der Waals surface area contributed by atoms with Crippen LogP contribution >= 0.6 is 11.3 Å². The Balaban J connectivity index is 0.00000113. The van der Waals surface area contributed by atoms with Gasteiger partial charge in [-0.3, -0.25) is 5.10 Å². The Labute approximate surface area is 140 Å². The molecule has 3 aromatic heterocycles. The molecular weight excluding hydrogens is 310 g/mol. The summed E-state index contributed by atoms with van der Waals surface area (Å²) in [7, 11) is 0. The monoisotopic (exact) mass is 331 g/mol. The van der Waals surface area contributed by atoms with Gasteiger partial charge in [0.2, 0.25) is 0 Å². The molecule has 23 heavy (non-hydrogen) atoms. The molecule has 3 aromatic rings. The Bertz CT molecular complexity index is 847. The molecule has 1 aliphatic carbocycles. The van der Waals surface area contributed by atoms with Crippen LogP contribution in [0.5, 0.6) is 0 Å². The summed E-state index contributed by atoms with van der Waals surface area (Å²) in [6.07, 6.45) is 4.28. The maximum absolute atomic E-state index is 9.19. The van der Waals surface area contributed by atoms with Crippen LogP contribution in [-0.2, 0) is 6.61 Å². The number of aromatic amines is 1. The molecule has 3 N–H and O–H groups in total. The van der Waals surface area contributed by atoms with Gasteiger partial charge in [0.05, 0.1) is 11.5 Å². The maximum atomic E-state index is 9.19. The number of rotatable bonds is 5. The fraction of sp³-hybridized carbons (Fsp3) is 0.312. The average Bonchev–Trinajstić information content (AvgIpc) is 3.11. The predicted octanol–water partition coefficient (Wildman–Crippen LogP) is 3.84. The lowest BCUT2D eigenvalue weighted by molar-refractivity contribution is 0.285. The van der Waals surface area contributed by atoms with Crippen molar-refractivity contribution in [1.29, 1.82) is 0 Å². The van der Waals surface area contributed by atoms with Gasteiger partial charge in [0, 0.05) is 37.2 Å². The zero-order valence-electron chi connectivity index (χ0n) is 12.7. The van der Waals surface area contributed by atoms with Gasteiger partial charge >= 0.3 is 0 Å². The molecule has 0 bridgehead atoms. The van der Waals surface area contributed by atoms with E-state index < -0.39 is 0 Å². The Kier molecular flexibility index (Phi) is 3.59. The Hall–Kier alpha value is -2.25. The summed E-state index contributed by atoms with van der Waals surface area (Å²) in [4.78, 5) is 10.8. The molecule has 1 fully saturated rings. The van der Waals surface area contributed by atoms with Gasteiger partial charge in [0.15, 0.2) is 11.6 Å². The minimum atomic E-state index is 0. The van der Waals surface area contributed by atoms with Crippen LogP contribution in [0.2, 0.25) is 0 Å². The van der Waals surface area contributed by atoms with Crippen molar-refractivity contribution in [3.63, 3.8) is 0 Å². The number of aliphatic hydroxyl groups excluding tert-OH is 1. The first kappa shape index (κ1) is 14.3. The summed E-state index contributed by atoms with van der Waals surface area (Å²) in [5.41, 5.74) is 2.15. The highest BCUT2D eigenvalue weighted by Gasteiger charge is 2.25. The molecule has 0 saturated heterocycles. The Morgan fingerprint density at radius 2 is 2.30 bits per heavy atom. The molecule has 0 atom stereocenters. The first-order valence-electron chi connectivity index (χ1n) is 7.59. The molecule has 0 spiro atoms. The second-order valence-corrected chi connectivity index (χ2v) is 6.93. The number of anilines is 2. The van der Waals surface area contributed by atoms with Gasteiger partial charge in [-0.05, 0) is 31.9 Å². The minimum Gasteiger partial charge on any atom is -0.391 e. The summed E-state index contributed by atoms with van der Waals surface area (Å²) in [5, 5.41) is 19.8. The summed E-state index contributed by atoms with van der Waals surface area (Å²) in [5.74, 6) is 2.83. The number of hydrogen-bond acceptors (Lipinski definition) is 6. The van der Waals surface area contributed by atoms with Crippen LogP contribution in [0.3, 0.4) is 0 Å². The minimum absolute atomic E-state index is 0. The van der Waals surface area contributed by atoms with Crippen molar-refractivity contribution in [2.24, 2.45) is 0 Å². The highest BCUT2D eigenvalue weighted by molar-refractivity contribution is 7.15. The molecule has 122 valence electrons. The Morgan fingerprint density at radius 1 is 1.43 bits per heavy atom. The van der Waals surface area contributed by atoms with Gasteiger partial charge in [-0.1, -0.05) is 0 Å². The molecular formula is C16H21N5OS. The molecule has 0 aliphatic heterocycles. The molecule has 0 unspecified atom stereocenters. The van der Waals surface area contributed by atoms with Crippen LogP contribution in [0.15, 0.2) is 24.4 Å². The van der Waals surface area contributed by atoms with Crippen LogP contribution in [0, 0.1) is 6.92 Å². The quantitative estimate of drug-likeness (QED) is 0.661. The van der Waals surface area contributed by atoms with Crippen molar-refractivity contribution in [1.82, 2.24) is 20.2 Å². The third kappa shape index (κ3) is 2.97. The van der Waals surface area contributed by atoms with Crippen molar-refractivity contribution >= 4 is 23.0 Å². The largest absolute Gasteiger partial charge is 0.391 e. The SMILES string of the molecule is Cc1cnc(-c2ccc(CO)s2)nc1Nc1cc(C2CC2)[nH]n1.[HH].[HH]. The topological polar surface area (TPSA) is 86.7 Å². The molecule has 6 nitrogen and oxygen atoms in total. The van der Waals surface area contributed by atoms with Crippen molar-refractivity contribution in [2.75, 3.05) is 5.32 Å². The van der Waals surface area contributed by atoms with Crippen LogP contribution in [0.4, 0.5) is 11.6 Å². The van der Waals surface area contributed by atoms with E-state index in [-0.39, 0.29) is 9.46 Å². The molecule has 1 saturated carbocycles. The number of nitrogens with zero attached hydrogens (tertiary/aromatic N) is 3. The Morgan fingerprint density at radius 3 is 3.04 bits per heavy atom. The molecule has 0 aromatic carbocycles. The first-order valence-corrected chi connectivity index (χ1v) is 8.40. The number of aromatic nitrogens is 4. The van der Waals surface area contributed by atoms with Crippen LogP contribution in [0.1, 0.15) is 37.7 Å². The zero-order valence-corrected chi connectivity index (χ0v) is 13.5. The fourth-order valence-corrected chi connectivity index (χ4v) is 3.20. The van der Waals surface area contributed by atoms with E-state index in [4.69, 9.17) is 0 Å². The lowest BCUT2D eigenvalue weighted by atomic mass is 10.3. The summed E-state index contributed by atoms with van der Waals surface area (Å²) < 4.78 is 0. The summed E-state index contributed by atoms with van der Waals surface area (Å²) in [6.45, 7) is 2.01. The van der Waals surface area contributed by atoms with Gasteiger partial charge in [-0.25, -0.2) is 9.97 Å². The van der Waals surface area contributed by atoms with E-state index in [1.165, 1.54) is 29.9 Å². The summed E-state index contributed by atoms with van der Waals surface area (Å²) >= 11 is 1.50. The van der Waals surface area contributed by atoms with Gasteiger partial charge in [0.25, 0.3) is 0 Å². The van der Waals surface area contributed by atoms with Crippen LogP contribution in [-0.4, -0.2) is 25.3 Å². The standard InChI is InChI=1S/C16H17N5OS.2H2/c1-9-7-17-16(13-5-4-11(8-22)23-13)19-15(9)18-14-6-12(20-21-14)10-2-3-10;;/h4-7,10,22H,2-3,8H2,1H3,(H2,17,18,19,20,21);2*1H. The maximum Gasteiger partial charge on any atom is 0.171 e. The van der Waals surface area contributed by atoms with E-state index in [2.05, 4.69) is 25.5 Å². The smallest absolute Gasteiger partial charge is 0.171 e. The number of aliphatic hydroxyl groups is 1. The molecule has 7 heteroatoms. The van der Waals surface area contributed by atoms with Gasteiger partial charge in [-0.2, -0.15) is 5.10 Å². The van der Waals surface area contributed by atoms with Gasteiger partial charge in [-0.15, -0.1) is 11.3 Å². The zero-order chi connectivity index (χ0) is 15.8. The van der Waals surface area contributed by atoms with E-state index in [1.54, 1.807) is 6.20 Å². The van der Waals surface area contributed by atoms with Crippen molar-refractivity contribution in [2.45, 2.75) is 32.3 Å². The molecule has 4 rings (SSSR count). The van der Waals surface area contributed by atoms with E-state index in [1.807, 2.05) is 25.1 Å². The predicted molar refractivity (Wildman–Crippen MR) is 94.1 cm³/mol. The first-order chi connectivity index (χ1) is 11.2. The van der Waals surface area contributed by atoms with Gasteiger partial charge in [0.1, 0.15) is 5.82 Å². The second kappa shape index (κ2) is 5.75. The van der Waals surface area contributed by atoms with Crippen LogP contribution in [0.25, 0.3) is 10.7 Å². The third-order valence-corrected chi connectivity index (χ3v) is 4.94. The highest BCUT2D eigenvalue weighted by atomic mass is 32.1. The number of thiophene rings is 1.